The Hall–Kier alpha value is -1.19. The minimum Gasteiger partial charge on any atom is -0.293 e. The van der Waals surface area contributed by atoms with Crippen LogP contribution in [-0.2, 0) is 6.42 Å². The zero-order valence-electron chi connectivity index (χ0n) is 9.66. The Morgan fingerprint density at radius 3 is 2.65 bits per heavy atom. The van der Waals surface area contributed by atoms with E-state index in [1.54, 1.807) is 6.07 Å². The van der Waals surface area contributed by atoms with Gasteiger partial charge < -0.3 is 0 Å². The maximum atomic E-state index is 12.1. The van der Waals surface area contributed by atoms with Crippen molar-refractivity contribution in [3.8, 4) is 0 Å². The van der Waals surface area contributed by atoms with Crippen LogP contribution in [0.2, 0.25) is 5.02 Å². The number of aryl methyl sites for hydroxylation is 2. The van der Waals surface area contributed by atoms with Gasteiger partial charge in [0.2, 0.25) is 0 Å². The van der Waals surface area contributed by atoms with Crippen LogP contribution < -0.4 is 0 Å². The van der Waals surface area contributed by atoms with Crippen molar-refractivity contribution in [2.45, 2.75) is 20.3 Å². The molecule has 17 heavy (non-hydrogen) atoms. The van der Waals surface area contributed by atoms with E-state index in [2.05, 4.69) is 4.98 Å². The molecular formula is C13H12ClNOS. The van der Waals surface area contributed by atoms with Crippen molar-refractivity contribution < 1.29 is 4.79 Å². The highest BCUT2D eigenvalue weighted by Gasteiger charge is 2.15. The molecule has 1 heterocycles. The second-order valence-corrected chi connectivity index (χ2v) is 5.45. The summed E-state index contributed by atoms with van der Waals surface area (Å²) in [5.74, 6) is 0.0844. The van der Waals surface area contributed by atoms with Crippen LogP contribution in [0, 0.1) is 13.8 Å². The first-order chi connectivity index (χ1) is 8.08. The van der Waals surface area contributed by atoms with E-state index >= 15 is 0 Å². The van der Waals surface area contributed by atoms with Crippen molar-refractivity contribution in [3.05, 3.63) is 50.4 Å². The normalized spacial score (nSPS) is 10.5. The molecule has 0 spiro atoms. The Balaban J connectivity index is 2.23. The van der Waals surface area contributed by atoms with Crippen LogP contribution in [-0.4, -0.2) is 10.8 Å². The van der Waals surface area contributed by atoms with E-state index < -0.39 is 0 Å². The van der Waals surface area contributed by atoms with Gasteiger partial charge >= 0.3 is 0 Å². The number of thiazole rings is 1. The van der Waals surface area contributed by atoms with Crippen LogP contribution in [0.5, 0.6) is 0 Å². The molecule has 0 amide bonds. The predicted molar refractivity (Wildman–Crippen MR) is 71.1 cm³/mol. The minimum absolute atomic E-state index is 0.0844. The molecule has 2 aromatic rings. The number of halogens is 1. The van der Waals surface area contributed by atoms with Gasteiger partial charge in [0.25, 0.3) is 0 Å². The van der Waals surface area contributed by atoms with Crippen molar-refractivity contribution in [1.82, 2.24) is 4.98 Å². The van der Waals surface area contributed by atoms with Gasteiger partial charge in [-0.2, -0.15) is 0 Å². The number of hydrogen-bond acceptors (Lipinski definition) is 3. The highest BCUT2D eigenvalue weighted by Crippen LogP contribution is 2.22. The van der Waals surface area contributed by atoms with Crippen LogP contribution in [0.15, 0.2) is 24.3 Å². The highest BCUT2D eigenvalue weighted by atomic mass is 35.5. The molecule has 0 N–H and O–H groups in total. The van der Waals surface area contributed by atoms with Gasteiger partial charge in [-0.25, -0.2) is 4.98 Å². The Kier molecular flexibility index (Phi) is 3.60. The molecular weight excluding hydrogens is 254 g/mol. The average Bonchev–Trinajstić information content (AvgIpc) is 2.61. The molecule has 0 unspecified atom stereocenters. The van der Waals surface area contributed by atoms with E-state index in [1.165, 1.54) is 11.3 Å². The van der Waals surface area contributed by atoms with Crippen LogP contribution in [0.25, 0.3) is 0 Å². The lowest BCUT2D eigenvalue weighted by Gasteiger charge is -2.02. The smallest absolute Gasteiger partial charge is 0.179 e. The SMILES string of the molecule is Cc1nc(C)c(C(=O)Cc2ccccc2Cl)s1. The van der Waals surface area contributed by atoms with Crippen LogP contribution in [0.4, 0.5) is 0 Å². The summed E-state index contributed by atoms with van der Waals surface area (Å²) in [7, 11) is 0. The molecule has 2 rings (SSSR count). The molecule has 1 aromatic carbocycles. The molecule has 0 aliphatic heterocycles. The summed E-state index contributed by atoms with van der Waals surface area (Å²) in [6, 6.07) is 7.43. The van der Waals surface area contributed by atoms with Crippen LogP contribution >= 0.6 is 22.9 Å². The standard InChI is InChI=1S/C13H12ClNOS/c1-8-13(17-9(2)15-8)12(16)7-10-5-3-4-6-11(10)14/h3-6H,7H2,1-2H3. The number of aromatic nitrogens is 1. The Morgan fingerprint density at radius 1 is 1.35 bits per heavy atom. The van der Waals surface area contributed by atoms with Gasteiger partial charge in [-0.05, 0) is 25.5 Å². The molecule has 4 heteroatoms. The maximum Gasteiger partial charge on any atom is 0.179 e. The quantitative estimate of drug-likeness (QED) is 0.790. The zero-order chi connectivity index (χ0) is 12.4. The lowest BCUT2D eigenvalue weighted by Crippen LogP contribution is -2.03. The Bertz CT molecular complexity index is 562. The summed E-state index contributed by atoms with van der Waals surface area (Å²) < 4.78 is 0. The fraction of sp³-hybridized carbons (Fsp3) is 0.231. The second-order valence-electron chi connectivity index (χ2n) is 3.84. The summed E-state index contributed by atoms with van der Waals surface area (Å²) in [6.45, 7) is 3.77. The first kappa shape index (κ1) is 12.3. The number of carbonyl (C=O) groups excluding carboxylic acids is 1. The molecule has 0 aliphatic rings. The monoisotopic (exact) mass is 265 g/mol. The van der Waals surface area contributed by atoms with Gasteiger partial charge in [0, 0.05) is 11.4 Å². The van der Waals surface area contributed by atoms with E-state index in [-0.39, 0.29) is 5.78 Å². The number of ketones is 1. The summed E-state index contributed by atoms with van der Waals surface area (Å²) >= 11 is 7.48. The van der Waals surface area contributed by atoms with Crippen molar-refractivity contribution in [2.24, 2.45) is 0 Å². The molecule has 0 fully saturated rings. The molecule has 2 nitrogen and oxygen atoms in total. The zero-order valence-corrected chi connectivity index (χ0v) is 11.2. The highest BCUT2D eigenvalue weighted by molar-refractivity contribution is 7.13. The van der Waals surface area contributed by atoms with E-state index in [4.69, 9.17) is 11.6 Å². The number of benzene rings is 1. The molecule has 0 saturated carbocycles. The average molecular weight is 266 g/mol. The molecule has 0 aliphatic carbocycles. The van der Waals surface area contributed by atoms with E-state index in [0.29, 0.717) is 11.4 Å². The van der Waals surface area contributed by atoms with Crippen LogP contribution in [0.3, 0.4) is 0 Å². The fourth-order valence-corrected chi connectivity index (χ4v) is 2.74. The minimum atomic E-state index is 0.0844. The third-order valence-electron chi connectivity index (χ3n) is 2.47. The lowest BCUT2D eigenvalue weighted by atomic mass is 10.1. The third-order valence-corrected chi connectivity index (χ3v) is 3.95. The fourth-order valence-electron chi connectivity index (χ4n) is 1.69. The summed E-state index contributed by atoms with van der Waals surface area (Å²) in [6.07, 6.45) is 0.335. The number of carbonyl (C=O) groups is 1. The topological polar surface area (TPSA) is 30.0 Å². The number of rotatable bonds is 3. The van der Waals surface area contributed by atoms with Gasteiger partial charge in [0.15, 0.2) is 5.78 Å². The predicted octanol–water partition coefficient (Wildman–Crippen LogP) is 3.84. The van der Waals surface area contributed by atoms with E-state index in [9.17, 15) is 4.79 Å². The van der Waals surface area contributed by atoms with Gasteiger partial charge in [-0.1, -0.05) is 29.8 Å². The molecule has 1 aromatic heterocycles. The lowest BCUT2D eigenvalue weighted by molar-refractivity contribution is 0.0996. The molecule has 0 bridgehead atoms. The van der Waals surface area contributed by atoms with Crippen molar-refractivity contribution in [2.75, 3.05) is 0 Å². The first-order valence-corrected chi connectivity index (χ1v) is 6.48. The molecule has 0 atom stereocenters. The largest absolute Gasteiger partial charge is 0.293 e. The summed E-state index contributed by atoms with van der Waals surface area (Å²) in [5, 5.41) is 1.56. The Labute approximate surface area is 109 Å². The Morgan fingerprint density at radius 2 is 2.06 bits per heavy atom. The maximum absolute atomic E-state index is 12.1. The molecule has 88 valence electrons. The van der Waals surface area contributed by atoms with Crippen molar-refractivity contribution in [3.63, 3.8) is 0 Å². The number of hydrogen-bond donors (Lipinski definition) is 0. The van der Waals surface area contributed by atoms with E-state index in [0.717, 1.165) is 21.1 Å². The van der Waals surface area contributed by atoms with E-state index in [1.807, 2.05) is 32.0 Å². The van der Waals surface area contributed by atoms with Gasteiger partial charge in [-0.15, -0.1) is 11.3 Å². The molecule has 0 radical (unpaired) electrons. The van der Waals surface area contributed by atoms with Gasteiger partial charge in [0.05, 0.1) is 15.6 Å². The van der Waals surface area contributed by atoms with Gasteiger partial charge in [-0.3, -0.25) is 4.79 Å². The first-order valence-electron chi connectivity index (χ1n) is 5.28. The van der Waals surface area contributed by atoms with Crippen LogP contribution in [0.1, 0.15) is 25.9 Å². The van der Waals surface area contributed by atoms with Gasteiger partial charge in [0.1, 0.15) is 0 Å². The van der Waals surface area contributed by atoms with Crippen molar-refractivity contribution >= 4 is 28.7 Å². The summed E-state index contributed by atoms with van der Waals surface area (Å²) in [4.78, 5) is 17.1. The molecule has 0 saturated heterocycles. The summed E-state index contributed by atoms with van der Waals surface area (Å²) in [5.41, 5.74) is 1.68. The second kappa shape index (κ2) is 4.98. The third kappa shape index (κ3) is 2.73. The van der Waals surface area contributed by atoms with Crippen molar-refractivity contribution in [1.29, 1.82) is 0 Å². The number of nitrogens with zero attached hydrogens (tertiary/aromatic N) is 1. The number of Topliss-reactive ketones (excluding diaryl/α,β-unsaturated/α-hetero) is 1.